The average molecular weight is 823 g/mol. The average Bonchev–Trinajstić information content (AvgIpc) is 3.30. The highest BCUT2D eigenvalue weighted by atomic mass is 31.2. The molecule has 0 fully saturated rings. The molecule has 0 aromatic heterocycles. The molecule has 0 bridgehead atoms. The Morgan fingerprint density at radius 3 is 1.27 bits per heavy atom. The number of benzene rings is 9. The number of rotatable bonds is 9. The van der Waals surface area contributed by atoms with Crippen LogP contribution in [0.1, 0.15) is 74.9 Å². The van der Waals surface area contributed by atoms with Crippen molar-refractivity contribution in [3.63, 3.8) is 0 Å². The summed E-state index contributed by atoms with van der Waals surface area (Å²) in [6, 6.07) is 76.5. The van der Waals surface area contributed by atoms with E-state index < -0.39 is 12.6 Å². The van der Waals surface area contributed by atoms with Gasteiger partial charge in [-0.15, -0.1) is 0 Å². The van der Waals surface area contributed by atoms with E-state index in [1.54, 1.807) is 0 Å². The number of fused-ring (bicyclic) bond motifs is 2. The van der Waals surface area contributed by atoms with Crippen LogP contribution in [0.4, 0.5) is 0 Å². The van der Waals surface area contributed by atoms with Crippen LogP contribution in [0.25, 0.3) is 32.7 Å². The van der Waals surface area contributed by atoms with Gasteiger partial charge >= 0.3 is 0 Å². The van der Waals surface area contributed by atoms with Gasteiger partial charge in [-0.25, -0.2) is 0 Å². The first-order chi connectivity index (χ1) is 29.9. The lowest BCUT2D eigenvalue weighted by atomic mass is 9.65. The lowest BCUT2D eigenvalue weighted by molar-refractivity contribution is 0.581. The van der Waals surface area contributed by atoms with Crippen LogP contribution in [0.15, 0.2) is 212 Å². The van der Waals surface area contributed by atoms with Crippen molar-refractivity contribution < 1.29 is 4.57 Å². The van der Waals surface area contributed by atoms with E-state index in [2.05, 4.69) is 193 Å². The molecule has 0 aliphatic rings. The van der Waals surface area contributed by atoms with Crippen molar-refractivity contribution in [1.82, 2.24) is 0 Å². The van der Waals surface area contributed by atoms with Crippen LogP contribution < -0.4 is 15.9 Å². The SMILES string of the molecule is CC(C)(C)c1ccc(C(Cc2ccc3c(-c4ccccc4)c4ccccc4cc3c2)(c2ccc(C(C)(C)C)cc2)c2ccc(P(=O)(c3ccccc3)c3ccccc3)cc2)cc1. The van der Waals surface area contributed by atoms with Gasteiger partial charge in [-0.1, -0.05) is 248 Å². The zero-order valence-electron chi connectivity index (χ0n) is 36.8. The summed E-state index contributed by atoms with van der Waals surface area (Å²) in [6.07, 6.45) is 0.717. The maximum Gasteiger partial charge on any atom is 0.171 e. The molecular weight excluding hydrogens is 768 g/mol. The van der Waals surface area contributed by atoms with Crippen LogP contribution in [0.5, 0.6) is 0 Å². The monoisotopic (exact) mass is 822 g/mol. The van der Waals surface area contributed by atoms with Gasteiger partial charge in [0.2, 0.25) is 0 Å². The van der Waals surface area contributed by atoms with Gasteiger partial charge in [0.1, 0.15) is 0 Å². The summed E-state index contributed by atoms with van der Waals surface area (Å²) in [4.78, 5) is 0. The Morgan fingerprint density at radius 1 is 0.371 bits per heavy atom. The van der Waals surface area contributed by atoms with Gasteiger partial charge in [0.05, 0.1) is 0 Å². The molecule has 0 amide bonds. The van der Waals surface area contributed by atoms with E-state index in [1.165, 1.54) is 60.5 Å². The Labute approximate surface area is 368 Å². The van der Waals surface area contributed by atoms with Crippen molar-refractivity contribution in [3.05, 3.63) is 246 Å². The van der Waals surface area contributed by atoms with Crippen molar-refractivity contribution in [3.8, 4) is 11.1 Å². The third-order valence-corrected chi connectivity index (χ3v) is 16.0. The molecule has 0 aliphatic carbocycles. The van der Waals surface area contributed by atoms with Gasteiger partial charge < -0.3 is 4.57 Å². The summed E-state index contributed by atoms with van der Waals surface area (Å²) in [5.41, 5.74) is 9.34. The zero-order valence-corrected chi connectivity index (χ0v) is 37.7. The minimum Gasteiger partial charge on any atom is -0.309 e. The summed E-state index contributed by atoms with van der Waals surface area (Å²) >= 11 is 0. The highest BCUT2D eigenvalue weighted by Gasteiger charge is 2.38. The molecule has 2 heteroatoms. The second kappa shape index (κ2) is 16.2. The molecule has 0 saturated carbocycles. The third kappa shape index (κ3) is 7.54. The van der Waals surface area contributed by atoms with Crippen LogP contribution >= 0.6 is 7.14 Å². The molecule has 306 valence electrons. The molecule has 0 atom stereocenters. The van der Waals surface area contributed by atoms with E-state index in [9.17, 15) is 0 Å². The normalized spacial score (nSPS) is 12.5. The summed E-state index contributed by atoms with van der Waals surface area (Å²) in [5.74, 6) is 0. The molecule has 0 radical (unpaired) electrons. The molecule has 0 spiro atoms. The van der Waals surface area contributed by atoms with Crippen molar-refractivity contribution in [2.45, 2.75) is 64.2 Å². The van der Waals surface area contributed by atoms with Crippen LogP contribution in [-0.4, -0.2) is 0 Å². The molecule has 0 heterocycles. The lowest BCUT2D eigenvalue weighted by Gasteiger charge is -2.38. The molecule has 0 N–H and O–H groups in total. The standard InChI is InChI=1S/C60H55OP/c1-58(2,3)47-27-31-49(32-28-47)60(50-33-29-48(30-34-50)59(4,5)6,51-35-37-54(38-36-51)62(61,52-21-12-8-13-22-52)53-23-14-9-15-24-53)42-43-26-39-56-46(40-43)41-45-20-16-17-25-55(45)57(56)44-18-10-7-11-19-44/h7-41H,42H2,1-6H3. The Morgan fingerprint density at radius 2 is 0.774 bits per heavy atom. The van der Waals surface area contributed by atoms with Gasteiger partial charge in [0.25, 0.3) is 0 Å². The summed E-state index contributed by atoms with van der Waals surface area (Å²) in [6.45, 7) is 13.7. The van der Waals surface area contributed by atoms with Gasteiger partial charge in [0.15, 0.2) is 7.14 Å². The fraction of sp³-hybridized carbons (Fsp3) is 0.167. The molecule has 0 aliphatic heterocycles. The fourth-order valence-corrected chi connectivity index (χ4v) is 12.1. The first-order valence-corrected chi connectivity index (χ1v) is 23.6. The second-order valence-electron chi connectivity index (χ2n) is 19.0. The van der Waals surface area contributed by atoms with Crippen LogP contribution in [0.2, 0.25) is 0 Å². The third-order valence-electron chi connectivity index (χ3n) is 12.9. The van der Waals surface area contributed by atoms with E-state index in [-0.39, 0.29) is 10.8 Å². The topological polar surface area (TPSA) is 17.1 Å². The lowest BCUT2D eigenvalue weighted by Crippen LogP contribution is -2.33. The van der Waals surface area contributed by atoms with Crippen LogP contribution in [-0.2, 0) is 27.2 Å². The smallest absolute Gasteiger partial charge is 0.171 e. The first kappa shape index (κ1) is 41.1. The van der Waals surface area contributed by atoms with E-state index in [0.29, 0.717) is 6.42 Å². The minimum absolute atomic E-state index is 0.00477. The maximum absolute atomic E-state index is 15.6. The summed E-state index contributed by atoms with van der Waals surface area (Å²) in [5, 5.41) is 7.45. The number of hydrogen-bond donors (Lipinski definition) is 0. The van der Waals surface area contributed by atoms with E-state index >= 15 is 4.57 Å². The van der Waals surface area contributed by atoms with Crippen molar-refractivity contribution in [2.75, 3.05) is 0 Å². The molecule has 1 nitrogen and oxygen atoms in total. The van der Waals surface area contributed by atoms with Crippen LogP contribution in [0, 0.1) is 0 Å². The van der Waals surface area contributed by atoms with E-state index in [1.807, 2.05) is 60.7 Å². The van der Waals surface area contributed by atoms with Gasteiger partial charge in [-0.3, -0.25) is 0 Å². The molecule has 0 saturated heterocycles. The quantitative estimate of drug-likeness (QED) is 0.0805. The molecule has 9 aromatic carbocycles. The zero-order chi connectivity index (χ0) is 43.1. The largest absolute Gasteiger partial charge is 0.309 e. The molecular formula is C60H55OP. The summed E-state index contributed by atoms with van der Waals surface area (Å²) < 4.78 is 15.6. The molecule has 62 heavy (non-hydrogen) atoms. The van der Waals surface area contributed by atoms with Crippen molar-refractivity contribution >= 4 is 44.6 Å². The minimum atomic E-state index is -3.19. The Hall–Kier alpha value is -6.27. The van der Waals surface area contributed by atoms with Gasteiger partial charge in [0, 0.05) is 21.3 Å². The predicted octanol–water partition coefficient (Wildman–Crippen LogP) is 14.5. The highest BCUT2D eigenvalue weighted by Crippen LogP contribution is 2.47. The first-order valence-electron chi connectivity index (χ1n) is 21.9. The highest BCUT2D eigenvalue weighted by molar-refractivity contribution is 7.85. The molecule has 9 aromatic rings. The van der Waals surface area contributed by atoms with Crippen molar-refractivity contribution in [2.24, 2.45) is 0 Å². The van der Waals surface area contributed by atoms with Crippen LogP contribution in [0.3, 0.4) is 0 Å². The molecule has 0 unspecified atom stereocenters. The van der Waals surface area contributed by atoms with E-state index in [4.69, 9.17) is 0 Å². The Balaban J connectivity index is 1.28. The second-order valence-corrected chi connectivity index (χ2v) is 21.7. The molecule has 9 rings (SSSR count). The summed E-state index contributed by atoms with van der Waals surface area (Å²) in [7, 11) is -3.19. The fourth-order valence-electron chi connectivity index (χ4n) is 9.45. The Kier molecular flexibility index (Phi) is 10.7. The Bertz CT molecular complexity index is 2920. The van der Waals surface area contributed by atoms with Gasteiger partial charge in [-0.05, 0) is 89.4 Å². The van der Waals surface area contributed by atoms with E-state index in [0.717, 1.165) is 21.5 Å². The van der Waals surface area contributed by atoms with Gasteiger partial charge in [-0.2, -0.15) is 0 Å². The maximum atomic E-state index is 15.6. The number of hydrogen-bond acceptors (Lipinski definition) is 1. The van der Waals surface area contributed by atoms with Crippen molar-refractivity contribution in [1.29, 1.82) is 0 Å². The predicted molar refractivity (Wildman–Crippen MR) is 267 cm³/mol.